The second-order valence-electron chi connectivity index (χ2n) is 15.4. The molecule has 0 bridgehead atoms. The van der Waals surface area contributed by atoms with E-state index in [9.17, 15) is 0 Å². The molecule has 276 valence electrons. The summed E-state index contributed by atoms with van der Waals surface area (Å²) in [5.41, 5.74) is 14.7. The highest BCUT2D eigenvalue weighted by atomic mass is 32.1. The zero-order valence-corrected chi connectivity index (χ0v) is 32.9. The summed E-state index contributed by atoms with van der Waals surface area (Å²) in [7, 11) is 0. The van der Waals surface area contributed by atoms with Crippen LogP contribution in [0.5, 0.6) is 0 Å². The lowest BCUT2D eigenvalue weighted by molar-refractivity contribution is 0.621. The Hall–Kier alpha value is -6.81. The van der Waals surface area contributed by atoms with E-state index in [0.717, 1.165) is 30.5 Å². The molecule has 0 fully saturated rings. The highest BCUT2D eigenvalue weighted by Gasteiger charge is 2.19. The average Bonchev–Trinajstić information content (AvgIpc) is 3.83. The Morgan fingerprint density at radius 1 is 0.483 bits per heavy atom. The molecule has 1 aliphatic rings. The molecule has 58 heavy (non-hydrogen) atoms. The van der Waals surface area contributed by atoms with Crippen LogP contribution in [-0.4, -0.2) is 10.3 Å². The number of fused-ring (bicyclic) bond motifs is 6. The van der Waals surface area contributed by atoms with Crippen LogP contribution in [0.4, 0.5) is 0 Å². The maximum Gasteiger partial charge on any atom is 0.0756 e. The van der Waals surface area contributed by atoms with Crippen LogP contribution in [0.1, 0.15) is 42.0 Å². The molecule has 3 heteroatoms. The van der Waals surface area contributed by atoms with Gasteiger partial charge in [0.25, 0.3) is 0 Å². The van der Waals surface area contributed by atoms with Gasteiger partial charge in [0.2, 0.25) is 0 Å². The van der Waals surface area contributed by atoms with E-state index in [-0.39, 0.29) is 6.04 Å². The summed E-state index contributed by atoms with van der Waals surface area (Å²) in [5.74, 6) is 0. The van der Waals surface area contributed by atoms with Crippen LogP contribution in [0.2, 0.25) is 0 Å². The zero-order valence-electron chi connectivity index (χ0n) is 32.1. The lowest BCUT2D eigenvalue weighted by Gasteiger charge is -2.20. The van der Waals surface area contributed by atoms with Gasteiger partial charge in [0.1, 0.15) is 0 Å². The first kappa shape index (κ1) is 34.4. The van der Waals surface area contributed by atoms with E-state index in [1.807, 2.05) is 11.3 Å². The molecule has 3 heterocycles. The van der Waals surface area contributed by atoms with Crippen molar-refractivity contribution < 1.29 is 0 Å². The van der Waals surface area contributed by atoms with Gasteiger partial charge in [-0.3, -0.25) is 4.99 Å². The Morgan fingerprint density at radius 3 is 1.98 bits per heavy atom. The molecule has 0 N–H and O–H groups in total. The van der Waals surface area contributed by atoms with Crippen LogP contribution in [-0.2, 0) is 0 Å². The van der Waals surface area contributed by atoms with Crippen LogP contribution in [0.25, 0.3) is 75.5 Å². The molecule has 10 aromatic rings. The molecule has 0 amide bonds. The first-order valence-corrected chi connectivity index (χ1v) is 21.1. The Labute approximate surface area is 342 Å². The Kier molecular flexibility index (Phi) is 8.67. The number of hydrogen-bond donors (Lipinski definition) is 0. The minimum absolute atomic E-state index is 0.0662. The first-order chi connectivity index (χ1) is 28.7. The Bertz CT molecular complexity index is 3190. The molecule has 0 saturated heterocycles. The van der Waals surface area contributed by atoms with Gasteiger partial charge < -0.3 is 4.57 Å². The van der Waals surface area contributed by atoms with E-state index in [2.05, 4.69) is 205 Å². The van der Waals surface area contributed by atoms with Crippen LogP contribution in [0, 0.1) is 0 Å². The van der Waals surface area contributed by atoms with Gasteiger partial charge in [-0.15, -0.1) is 11.3 Å². The molecule has 1 atom stereocenters. The minimum atomic E-state index is 0.0662. The van der Waals surface area contributed by atoms with E-state index >= 15 is 0 Å². The summed E-state index contributed by atoms with van der Waals surface area (Å²) in [6, 6.07) is 71.0. The third-order valence-corrected chi connectivity index (χ3v) is 13.0. The lowest BCUT2D eigenvalue weighted by Crippen LogP contribution is -2.07. The number of rotatable bonds is 6. The Morgan fingerprint density at radius 2 is 1.16 bits per heavy atom. The first-order valence-electron chi connectivity index (χ1n) is 20.3. The summed E-state index contributed by atoms with van der Waals surface area (Å²) >= 11 is 1.88. The third kappa shape index (κ3) is 6.16. The molecule has 0 radical (unpaired) electrons. The number of nitrogens with zero attached hydrogens (tertiary/aromatic N) is 2. The van der Waals surface area contributed by atoms with Gasteiger partial charge in [0.15, 0.2) is 0 Å². The van der Waals surface area contributed by atoms with Gasteiger partial charge in [-0.05, 0) is 124 Å². The molecular formula is C55H40N2S. The molecule has 2 nitrogen and oxygen atoms in total. The normalized spacial score (nSPS) is 14.7. The van der Waals surface area contributed by atoms with Crippen molar-refractivity contribution in [3.8, 4) is 27.9 Å². The molecule has 0 saturated carbocycles. The number of benzene rings is 8. The maximum absolute atomic E-state index is 5.53. The molecule has 11 rings (SSSR count). The van der Waals surface area contributed by atoms with Crippen molar-refractivity contribution in [1.82, 2.24) is 4.57 Å². The van der Waals surface area contributed by atoms with Crippen LogP contribution in [0.3, 0.4) is 0 Å². The van der Waals surface area contributed by atoms with Crippen molar-refractivity contribution in [2.45, 2.75) is 25.3 Å². The fourth-order valence-electron chi connectivity index (χ4n) is 9.05. The molecule has 2 aromatic heterocycles. The summed E-state index contributed by atoms with van der Waals surface area (Å²) in [6.45, 7) is 0. The van der Waals surface area contributed by atoms with Gasteiger partial charge in [-0.1, -0.05) is 140 Å². The number of hydrogen-bond acceptors (Lipinski definition) is 2. The second kappa shape index (κ2) is 14.6. The van der Waals surface area contributed by atoms with Crippen LogP contribution in [0.15, 0.2) is 205 Å². The molecule has 1 unspecified atom stereocenters. The number of aromatic nitrogens is 1. The number of thiophene rings is 1. The number of allylic oxidation sites excluding steroid dienone is 2. The third-order valence-electron chi connectivity index (χ3n) is 11.8. The molecular weight excluding hydrogens is 721 g/mol. The van der Waals surface area contributed by atoms with E-state index < -0.39 is 0 Å². The van der Waals surface area contributed by atoms with E-state index in [1.165, 1.54) is 86.6 Å². The van der Waals surface area contributed by atoms with Crippen LogP contribution >= 0.6 is 11.3 Å². The van der Waals surface area contributed by atoms with Crippen LogP contribution < -0.4 is 0 Å². The second-order valence-corrected chi connectivity index (χ2v) is 16.4. The van der Waals surface area contributed by atoms with E-state index in [4.69, 9.17) is 4.99 Å². The topological polar surface area (TPSA) is 17.3 Å². The molecule has 8 aromatic carbocycles. The predicted octanol–water partition coefficient (Wildman–Crippen LogP) is 15.3. The number of para-hydroxylation sites is 2. The van der Waals surface area contributed by atoms with Gasteiger partial charge in [-0.2, -0.15) is 0 Å². The van der Waals surface area contributed by atoms with Gasteiger partial charge in [0.05, 0.1) is 22.8 Å². The summed E-state index contributed by atoms with van der Waals surface area (Å²) in [5, 5.41) is 5.16. The van der Waals surface area contributed by atoms with Crippen molar-refractivity contribution in [2.24, 2.45) is 4.99 Å². The maximum atomic E-state index is 5.53. The standard InChI is InChI=1S/C55H40N2S/c1-4-15-37(16-5-1)39-19-13-26-49(56-50(36-39)38-17-6-2-7-18-38)43-21-12-20-42(33-43)45-25-14-28-54-55(45)48-35-41(30-32-53(48)58-54)40-29-31-52-47(34-40)46-24-10-11-27-51(46)57(52)44-22-8-3-9-23-44/h1-12,14-18,20-25,27-36,49H,13,19,26H2. The number of aliphatic imine (C=N–C) groups is 1. The lowest BCUT2D eigenvalue weighted by atomic mass is 9.90. The van der Waals surface area contributed by atoms with Gasteiger partial charge in [0, 0.05) is 36.6 Å². The SMILES string of the molecule is C1=C(c2ccccc2)CCCC(c2cccc(-c3cccc4sc5ccc(-c6ccc7c(c6)c6ccccc6n7-c6ccccc6)cc5c34)c2)N=C1c1ccccc1. The fourth-order valence-corrected chi connectivity index (χ4v) is 10.2. The summed E-state index contributed by atoms with van der Waals surface area (Å²) < 4.78 is 5.00. The highest BCUT2D eigenvalue weighted by molar-refractivity contribution is 7.26. The molecule has 0 spiro atoms. The zero-order chi connectivity index (χ0) is 38.4. The predicted molar refractivity (Wildman–Crippen MR) is 249 cm³/mol. The van der Waals surface area contributed by atoms with E-state index in [1.54, 1.807) is 0 Å². The molecule has 1 aliphatic heterocycles. The monoisotopic (exact) mass is 760 g/mol. The minimum Gasteiger partial charge on any atom is -0.309 e. The highest BCUT2D eigenvalue weighted by Crippen LogP contribution is 2.43. The quantitative estimate of drug-likeness (QED) is 0.161. The molecule has 0 aliphatic carbocycles. The van der Waals surface area contributed by atoms with Gasteiger partial charge in [-0.25, -0.2) is 0 Å². The fraction of sp³-hybridized carbons (Fsp3) is 0.0727. The van der Waals surface area contributed by atoms with Crippen molar-refractivity contribution in [2.75, 3.05) is 0 Å². The van der Waals surface area contributed by atoms with E-state index in [0.29, 0.717) is 0 Å². The largest absolute Gasteiger partial charge is 0.309 e. The van der Waals surface area contributed by atoms with Crippen molar-refractivity contribution in [1.29, 1.82) is 0 Å². The average molecular weight is 761 g/mol. The summed E-state index contributed by atoms with van der Waals surface area (Å²) in [4.78, 5) is 5.53. The Balaban J connectivity index is 1.00. The smallest absolute Gasteiger partial charge is 0.0756 e. The van der Waals surface area contributed by atoms with Crippen molar-refractivity contribution >= 4 is 64.6 Å². The van der Waals surface area contributed by atoms with Gasteiger partial charge >= 0.3 is 0 Å². The van der Waals surface area contributed by atoms with Crippen molar-refractivity contribution in [3.05, 3.63) is 217 Å². The van der Waals surface area contributed by atoms with Crippen molar-refractivity contribution in [3.63, 3.8) is 0 Å². The summed E-state index contributed by atoms with van der Waals surface area (Å²) in [6.07, 6.45) is 5.42.